The number of nitrogens with zero attached hydrogens (tertiary/aromatic N) is 1. The van der Waals surface area contributed by atoms with Gasteiger partial charge in [0.05, 0.1) is 0 Å². The zero-order valence-corrected chi connectivity index (χ0v) is 12.9. The van der Waals surface area contributed by atoms with Crippen LogP contribution in [0.1, 0.15) is 65.2 Å². The SMILES string of the molecule is CCCCC(CC)CC(=O)N1CCC(CC(=O)O)CC1. The van der Waals surface area contributed by atoms with Crippen LogP contribution in [0.5, 0.6) is 0 Å². The summed E-state index contributed by atoms with van der Waals surface area (Å²) in [6.45, 7) is 5.82. The van der Waals surface area contributed by atoms with Gasteiger partial charge >= 0.3 is 5.97 Å². The predicted molar refractivity (Wildman–Crippen MR) is 79.5 cm³/mol. The van der Waals surface area contributed by atoms with Gasteiger partial charge in [-0.15, -0.1) is 0 Å². The molecule has 1 aliphatic rings. The largest absolute Gasteiger partial charge is 0.481 e. The summed E-state index contributed by atoms with van der Waals surface area (Å²) < 4.78 is 0. The number of piperidine rings is 1. The Bertz CT molecular complexity index is 309. The molecule has 0 aliphatic carbocycles. The smallest absolute Gasteiger partial charge is 0.303 e. The van der Waals surface area contributed by atoms with Crippen LogP contribution < -0.4 is 0 Å². The molecule has 0 saturated carbocycles. The Morgan fingerprint density at radius 1 is 1.25 bits per heavy atom. The number of unbranched alkanes of at least 4 members (excludes halogenated alkanes) is 1. The normalized spacial score (nSPS) is 18.0. The second-order valence-electron chi connectivity index (χ2n) is 6.04. The molecule has 1 rings (SSSR count). The zero-order valence-electron chi connectivity index (χ0n) is 12.9. The standard InChI is InChI=1S/C16H29NO3/c1-3-5-6-13(4-2)11-15(18)17-9-7-14(8-10-17)12-16(19)20/h13-14H,3-12H2,1-2H3,(H,19,20). The summed E-state index contributed by atoms with van der Waals surface area (Å²) >= 11 is 0. The predicted octanol–water partition coefficient (Wildman–Crippen LogP) is 3.31. The van der Waals surface area contributed by atoms with Gasteiger partial charge in [0.2, 0.25) is 5.91 Å². The maximum atomic E-state index is 12.3. The summed E-state index contributed by atoms with van der Waals surface area (Å²) in [6.07, 6.45) is 7.19. The van der Waals surface area contributed by atoms with Crippen molar-refractivity contribution in [2.45, 2.75) is 65.2 Å². The number of amides is 1. The lowest BCUT2D eigenvalue weighted by atomic mass is 9.92. The molecule has 116 valence electrons. The van der Waals surface area contributed by atoms with Gasteiger partial charge in [-0.1, -0.05) is 33.1 Å². The second-order valence-corrected chi connectivity index (χ2v) is 6.04. The number of aliphatic carboxylic acids is 1. The van der Waals surface area contributed by atoms with Crippen LogP contribution in [0, 0.1) is 11.8 Å². The van der Waals surface area contributed by atoms with Gasteiger partial charge in [0.15, 0.2) is 0 Å². The summed E-state index contributed by atoms with van der Waals surface area (Å²) in [6, 6.07) is 0. The Balaban J connectivity index is 2.32. The fraction of sp³-hybridized carbons (Fsp3) is 0.875. The Hall–Kier alpha value is -1.06. The van der Waals surface area contributed by atoms with E-state index in [9.17, 15) is 9.59 Å². The van der Waals surface area contributed by atoms with Crippen molar-refractivity contribution >= 4 is 11.9 Å². The van der Waals surface area contributed by atoms with Gasteiger partial charge in [-0.05, 0) is 31.1 Å². The molecule has 0 bridgehead atoms. The molecule has 1 saturated heterocycles. The van der Waals surface area contributed by atoms with Crippen molar-refractivity contribution in [3.05, 3.63) is 0 Å². The van der Waals surface area contributed by atoms with Gasteiger partial charge in [0, 0.05) is 25.9 Å². The highest BCUT2D eigenvalue weighted by atomic mass is 16.4. The summed E-state index contributed by atoms with van der Waals surface area (Å²) in [5, 5.41) is 8.79. The minimum atomic E-state index is -0.722. The number of rotatable bonds is 8. The monoisotopic (exact) mass is 283 g/mol. The molecular weight excluding hydrogens is 254 g/mol. The summed E-state index contributed by atoms with van der Waals surface area (Å²) in [7, 11) is 0. The molecule has 1 atom stereocenters. The highest BCUT2D eigenvalue weighted by Gasteiger charge is 2.25. The third kappa shape index (κ3) is 5.93. The Labute approximate surface area is 122 Å². The number of carboxylic acid groups (broad SMARTS) is 1. The van der Waals surface area contributed by atoms with Crippen LogP contribution in [-0.2, 0) is 9.59 Å². The topological polar surface area (TPSA) is 57.6 Å². The van der Waals surface area contributed by atoms with E-state index in [1.165, 1.54) is 12.8 Å². The van der Waals surface area contributed by atoms with Gasteiger partial charge < -0.3 is 10.0 Å². The third-order valence-corrected chi connectivity index (χ3v) is 4.44. The van der Waals surface area contributed by atoms with Crippen molar-refractivity contribution in [1.82, 2.24) is 4.90 Å². The molecule has 0 aromatic rings. The first kappa shape index (κ1) is 17.0. The number of carbonyl (C=O) groups is 2. The lowest BCUT2D eigenvalue weighted by Crippen LogP contribution is -2.39. The molecule has 1 aliphatic heterocycles. The zero-order chi connectivity index (χ0) is 15.0. The van der Waals surface area contributed by atoms with E-state index >= 15 is 0 Å². The number of hydrogen-bond acceptors (Lipinski definition) is 2. The lowest BCUT2D eigenvalue weighted by molar-refractivity contribution is -0.138. The van der Waals surface area contributed by atoms with Crippen LogP contribution in [0.2, 0.25) is 0 Å². The van der Waals surface area contributed by atoms with Gasteiger partial charge in [0.25, 0.3) is 0 Å². The van der Waals surface area contributed by atoms with Crippen molar-refractivity contribution in [2.24, 2.45) is 11.8 Å². The van der Waals surface area contributed by atoms with Crippen LogP contribution in [0.3, 0.4) is 0 Å². The fourth-order valence-electron chi connectivity index (χ4n) is 2.95. The Morgan fingerprint density at radius 3 is 2.40 bits per heavy atom. The van der Waals surface area contributed by atoms with Crippen LogP contribution in [0.25, 0.3) is 0 Å². The van der Waals surface area contributed by atoms with Crippen LogP contribution >= 0.6 is 0 Å². The molecule has 1 unspecified atom stereocenters. The van der Waals surface area contributed by atoms with Gasteiger partial charge in [-0.2, -0.15) is 0 Å². The molecule has 1 amide bonds. The Kier molecular flexibility index (Phi) is 7.63. The number of carboxylic acids is 1. The van der Waals surface area contributed by atoms with E-state index < -0.39 is 5.97 Å². The molecule has 4 nitrogen and oxygen atoms in total. The summed E-state index contributed by atoms with van der Waals surface area (Å²) in [5.74, 6) is 0.305. The van der Waals surface area contributed by atoms with E-state index in [2.05, 4.69) is 13.8 Å². The average molecular weight is 283 g/mol. The van der Waals surface area contributed by atoms with Gasteiger partial charge in [-0.25, -0.2) is 0 Å². The second kappa shape index (κ2) is 8.98. The quantitative estimate of drug-likeness (QED) is 0.743. The first-order chi connectivity index (χ1) is 9.56. The summed E-state index contributed by atoms with van der Waals surface area (Å²) in [4.78, 5) is 24.9. The Morgan fingerprint density at radius 2 is 1.90 bits per heavy atom. The van der Waals surface area contributed by atoms with Crippen molar-refractivity contribution in [1.29, 1.82) is 0 Å². The number of likely N-dealkylation sites (tertiary alicyclic amines) is 1. The number of hydrogen-bond donors (Lipinski definition) is 1. The van der Waals surface area contributed by atoms with Gasteiger partial charge in [-0.3, -0.25) is 9.59 Å². The lowest BCUT2D eigenvalue weighted by Gasteiger charge is -2.32. The van der Waals surface area contributed by atoms with Crippen LogP contribution in [0.15, 0.2) is 0 Å². The molecule has 1 heterocycles. The maximum Gasteiger partial charge on any atom is 0.303 e. The molecule has 0 spiro atoms. The molecule has 0 aromatic heterocycles. The first-order valence-electron chi connectivity index (χ1n) is 8.06. The molecule has 0 aromatic carbocycles. The van der Waals surface area contributed by atoms with E-state index in [1.54, 1.807) is 0 Å². The molecule has 0 radical (unpaired) electrons. The van der Waals surface area contributed by atoms with Crippen LogP contribution in [0.4, 0.5) is 0 Å². The first-order valence-corrected chi connectivity index (χ1v) is 8.06. The molecule has 1 fully saturated rings. The van der Waals surface area contributed by atoms with E-state index in [4.69, 9.17) is 5.11 Å². The highest BCUT2D eigenvalue weighted by molar-refractivity contribution is 5.76. The van der Waals surface area contributed by atoms with E-state index in [-0.39, 0.29) is 18.2 Å². The molecule has 1 N–H and O–H groups in total. The van der Waals surface area contributed by atoms with Crippen molar-refractivity contribution in [3.63, 3.8) is 0 Å². The van der Waals surface area contributed by atoms with E-state index in [0.29, 0.717) is 12.3 Å². The summed E-state index contributed by atoms with van der Waals surface area (Å²) in [5.41, 5.74) is 0. The van der Waals surface area contributed by atoms with Crippen LogP contribution in [-0.4, -0.2) is 35.0 Å². The average Bonchev–Trinajstić information content (AvgIpc) is 2.43. The maximum absolute atomic E-state index is 12.3. The van der Waals surface area contributed by atoms with E-state index in [1.807, 2.05) is 4.90 Å². The minimum absolute atomic E-state index is 0.246. The van der Waals surface area contributed by atoms with Gasteiger partial charge in [0.1, 0.15) is 0 Å². The highest BCUT2D eigenvalue weighted by Crippen LogP contribution is 2.23. The molecule has 4 heteroatoms. The third-order valence-electron chi connectivity index (χ3n) is 4.44. The minimum Gasteiger partial charge on any atom is -0.481 e. The van der Waals surface area contributed by atoms with Crippen molar-refractivity contribution in [2.75, 3.05) is 13.1 Å². The molecule has 20 heavy (non-hydrogen) atoms. The number of carbonyl (C=O) groups excluding carboxylic acids is 1. The van der Waals surface area contributed by atoms with Crippen molar-refractivity contribution in [3.8, 4) is 0 Å². The molecular formula is C16H29NO3. The van der Waals surface area contributed by atoms with Crippen molar-refractivity contribution < 1.29 is 14.7 Å². The van der Waals surface area contributed by atoms with E-state index in [0.717, 1.165) is 38.8 Å². The fourth-order valence-corrected chi connectivity index (χ4v) is 2.95.